The van der Waals surface area contributed by atoms with Crippen molar-refractivity contribution in [1.82, 2.24) is 0 Å². The normalized spacial score (nSPS) is 10.0. The Morgan fingerprint density at radius 3 is 2.17 bits per heavy atom. The smallest absolute Gasteiger partial charge is 0.108 e. The van der Waals surface area contributed by atoms with Crippen molar-refractivity contribution in [2.75, 3.05) is 6.61 Å². The lowest BCUT2D eigenvalue weighted by Crippen LogP contribution is -2.49. The third-order valence-corrected chi connectivity index (χ3v) is 0.451. The molecule has 0 aromatic heterocycles. The Morgan fingerprint density at radius 2 is 2.17 bits per heavy atom. The summed E-state index contributed by atoms with van der Waals surface area (Å²) in [6, 6.07) is 0. The molecule has 0 aromatic rings. The molecule has 0 spiro atoms. The maximum absolute atomic E-state index is 4.55. The predicted octanol–water partition coefficient (Wildman–Crippen LogP) is -0.184. The Morgan fingerprint density at radius 1 is 1.67 bits per heavy atom. The number of hydrogen-bond acceptors (Lipinski definition) is 1. The van der Waals surface area contributed by atoms with Crippen LogP contribution in [0.15, 0.2) is 0 Å². The van der Waals surface area contributed by atoms with E-state index in [1.54, 1.807) is 0 Å². The van der Waals surface area contributed by atoms with Crippen LogP contribution in [-0.4, -0.2) is 6.61 Å². The van der Waals surface area contributed by atoms with Crippen LogP contribution in [0.5, 0.6) is 0 Å². The van der Waals surface area contributed by atoms with Gasteiger partial charge >= 0.3 is 0 Å². The highest BCUT2D eigenvalue weighted by Gasteiger charge is 1.88. The van der Waals surface area contributed by atoms with Gasteiger partial charge in [-0.2, -0.15) is 0 Å². The summed E-state index contributed by atoms with van der Waals surface area (Å²) in [5, 5.41) is 0. The SMILES string of the molecule is CC(C)CO[NH3+]. The molecule has 0 aliphatic heterocycles. The van der Waals surface area contributed by atoms with Crippen molar-refractivity contribution in [3.63, 3.8) is 0 Å². The van der Waals surface area contributed by atoms with E-state index in [2.05, 4.69) is 24.6 Å². The lowest BCUT2D eigenvalue weighted by atomic mass is 10.2. The Kier molecular flexibility index (Phi) is 3.08. The summed E-state index contributed by atoms with van der Waals surface area (Å²) < 4.78 is 0. The van der Waals surface area contributed by atoms with E-state index < -0.39 is 0 Å². The average molecular weight is 90.1 g/mol. The van der Waals surface area contributed by atoms with Gasteiger partial charge in [0.2, 0.25) is 0 Å². The summed E-state index contributed by atoms with van der Waals surface area (Å²) in [4.78, 5) is 4.55. The minimum Gasteiger partial charge on any atom is -0.213 e. The molecule has 0 saturated heterocycles. The van der Waals surface area contributed by atoms with Gasteiger partial charge < -0.3 is 0 Å². The first-order chi connectivity index (χ1) is 2.77. The Labute approximate surface area is 38.2 Å². The van der Waals surface area contributed by atoms with E-state index in [1.165, 1.54) is 0 Å². The molecule has 2 heteroatoms. The minimum absolute atomic E-state index is 0.613. The fraction of sp³-hybridized carbons (Fsp3) is 1.00. The van der Waals surface area contributed by atoms with Crippen LogP contribution in [0.25, 0.3) is 0 Å². The van der Waals surface area contributed by atoms with Crippen molar-refractivity contribution in [2.24, 2.45) is 5.92 Å². The molecule has 0 radical (unpaired) electrons. The van der Waals surface area contributed by atoms with Crippen LogP contribution in [0.2, 0.25) is 0 Å². The molecule has 0 unspecified atom stereocenters. The van der Waals surface area contributed by atoms with Crippen LogP contribution in [0, 0.1) is 5.92 Å². The molecule has 0 rings (SSSR count). The van der Waals surface area contributed by atoms with Crippen molar-refractivity contribution >= 4 is 0 Å². The lowest BCUT2D eigenvalue weighted by Gasteiger charge is -1.94. The second-order valence-corrected chi connectivity index (χ2v) is 1.76. The molecule has 6 heavy (non-hydrogen) atoms. The van der Waals surface area contributed by atoms with Gasteiger partial charge in [0, 0.05) is 0 Å². The standard InChI is InChI=1S/C4H12NO/c1-4(2)3-6-5/h4H,3H2,1-2,5H3/q+1. The van der Waals surface area contributed by atoms with Crippen LogP contribution in [0.4, 0.5) is 0 Å². The van der Waals surface area contributed by atoms with Crippen LogP contribution >= 0.6 is 0 Å². The van der Waals surface area contributed by atoms with E-state index in [9.17, 15) is 0 Å². The molecular weight excluding hydrogens is 78.0 g/mol. The fourth-order valence-electron chi connectivity index (χ4n) is 0.236. The number of rotatable bonds is 2. The van der Waals surface area contributed by atoms with Crippen LogP contribution in [0.1, 0.15) is 13.8 Å². The largest absolute Gasteiger partial charge is 0.213 e. The number of hydrogen-bond donors (Lipinski definition) is 1. The molecule has 0 amide bonds. The van der Waals surface area contributed by atoms with Crippen LogP contribution in [-0.2, 0) is 4.84 Å². The maximum atomic E-state index is 4.55. The third kappa shape index (κ3) is 3.92. The van der Waals surface area contributed by atoms with Crippen LogP contribution in [0.3, 0.4) is 0 Å². The van der Waals surface area contributed by atoms with E-state index in [-0.39, 0.29) is 0 Å². The van der Waals surface area contributed by atoms with Gasteiger partial charge in [0.05, 0.1) is 0 Å². The fourth-order valence-corrected chi connectivity index (χ4v) is 0.236. The van der Waals surface area contributed by atoms with Crippen LogP contribution < -0.4 is 5.90 Å². The van der Waals surface area contributed by atoms with Gasteiger partial charge in [-0.15, -0.1) is 0 Å². The summed E-state index contributed by atoms with van der Waals surface area (Å²) in [6.07, 6.45) is 0. The molecule has 0 aromatic carbocycles. The van der Waals surface area contributed by atoms with E-state index in [0.29, 0.717) is 5.92 Å². The summed E-state index contributed by atoms with van der Waals surface area (Å²) in [7, 11) is 0. The van der Waals surface area contributed by atoms with Gasteiger partial charge in [-0.1, -0.05) is 13.8 Å². The molecule has 0 fully saturated rings. The second kappa shape index (κ2) is 3.12. The molecule has 0 atom stereocenters. The molecule has 0 bridgehead atoms. The Bertz CT molecular complexity index is 28.7. The van der Waals surface area contributed by atoms with E-state index in [0.717, 1.165) is 6.61 Å². The van der Waals surface area contributed by atoms with Crippen molar-refractivity contribution in [3.8, 4) is 0 Å². The zero-order valence-corrected chi connectivity index (χ0v) is 4.40. The van der Waals surface area contributed by atoms with Gasteiger partial charge in [-0.05, 0) is 5.92 Å². The topological polar surface area (TPSA) is 36.9 Å². The third-order valence-electron chi connectivity index (χ3n) is 0.451. The maximum Gasteiger partial charge on any atom is 0.108 e. The zero-order chi connectivity index (χ0) is 4.99. The average Bonchev–Trinajstić information content (AvgIpc) is 1.35. The van der Waals surface area contributed by atoms with Gasteiger partial charge in [-0.3, -0.25) is 0 Å². The summed E-state index contributed by atoms with van der Waals surface area (Å²) in [5.41, 5.74) is 0. The number of quaternary nitrogens is 1. The zero-order valence-electron chi connectivity index (χ0n) is 4.40. The van der Waals surface area contributed by atoms with Crippen molar-refractivity contribution in [1.29, 1.82) is 0 Å². The Hall–Kier alpha value is -0.0800. The quantitative estimate of drug-likeness (QED) is 0.469. The van der Waals surface area contributed by atoms with Gasteiger partial charge in [0.1, 0.15) is 6.61 Å². The molecule has 2 nitrogen and oxygen atoms in total. The van der Waals surface area contributed by atoms with Crippen molar-refractivity contribution in [2.45, 2.75) is 13.8 Å². The minimum atomic E-state index is 0.613. The molecule has 0 saturated carbocycles. The highest BCUT2D eigenvalue weighted by atomic mass is 16.6. The highest BCUT2D eigenvalue weighted by Crippen LogP contribution is 1.86. The van der Waals surface area contributed by atoms with E-state index >= 15 is 0 Å². The molecule has 0 aliphatic carbocycles. The molecule has 0 heterocycles. The summed E-state index contributed by atoms with van der Waals surface area (Å²) in [6.45, 7) is 4.94. The van der Waals surface area contributed by atoms with E-state index in [4.69, 9.17) is 0 Å². The molecular formula is C4H12NO+. The monoisotopic (exact) mass is 90.1 g/mol. The molecule has 0 aliphatic rings. The predicted molar refractivity (Wildman–Crippen MR) is 23.7 cm³/mol. The molecule has 38 valence electrons. The van der Waals surface area contributed by atoms with E-state index in [1.807, 2.05) is 0 Å². The highest BCUT2D eigenvalue weighted by molar-refractivity contribution is 4.33. The first-order valence-electron chi connectivity index (χ1n) is 2.14. The van der Waals surface area contributed by atoms with Gasteiger partial charge in [0.15, 0.2) is 0 Å². The van der Waals surface area contributed by atoms with Gasteiger partial charge in [0.25, 0.3) is 0 Å². The lowest BCUT2D eigenvalue weighted by molar-refractivity contribution is -0.691. The second-order valence-electron chi connectivity index (χ2n) is 1.76. The molecule has 3 N–H and O–H groups in total. The first kappa shape index (κ1) is 5.92. The summed E-state index contributed by atoms with van der Waals surface area (Å²) in [5.74, 6) is 3.84. The Balaban J connectivity index is 2.63. The van der Waals surface area contributed by atoms with Gasteiger partial charge in [-0.25, -0.2) is 10.7 Å². The first-order valence-corrected chi connectivity index (χ1v) is 2.14. The van der Waals surface area contributed by atoms with Crippen molar-refractivity contribution < 1.29 is 10.7 Å². The van der Waals surface area contributed by atoms with Crippen molar-refractivity contribution in [3.05, 3.63) is 0 Å². The summed E-state index contributed by atoms with van der Waals surface area (Å²) >= 11 is 0.